The first-order valence-electron chi connectivity index (χ1n) is 7.68. The number of allylic oxidation sites excluding steroid dienone is 1. The predicted octanol–water partition coefficient (Wildman–Crippen LogP) is 4.21. The van der Waals surface area contributed by atoms with Gasteiger partial charge in [0, 0.05) is 13.1 Å². The average molecular weight is 300 g/mol. The Labute approximate surface area is 126 Å². The monoisotopic (exact) mass is 299 g/mol. The topological polar surface area (TPSA) is 29.5 Å². The number of amides is 1. The van der Waals surface area contributed by atoms with Crippen LogP contribution in [0.3, 0.4) is 0 Å². The molecule has 0 radical (unpaired) electrons. The zero-order chi connectivity index (χ0) is 15.8. The molecular formula is C16H33NO2Si. The number of carbonyl (C=O) groups is 1. The molecule has 0 spiro atoms. The van der Waals surface area contributed by atoms with Crippen LogP contribution in [0, 0.1) is 0 Å². The molecule has 0 saturated heterocycles. The lowest BCUT2D eigenvalue weighted by atomic mass is 10.2. The molecule has 0 N–H and O–H groups in total. The maximum absolute atomic E-state index is 12.3. The summed E-state index contributed by atoms with van der Waals surface area (Å²) in [5, 5.41) is 0.144. The van der Waals surface area contributed by atoms with E-state index in [2.05, 4.69) is 40.8 Å². The Bertz CT molecular complexity index is 319. The Morgan fingerprint density at radius 2 is 1.90 bits per heavy atom. The molecule has 0 aromatic heterocycles. The molecule has 0 fully saturated rings. The minimum atomic E-state index is -1.84. The molecule has 4 heteroatoms. The largest absolute Gasteiger partial charge is 0.408 e. The third kappa shape index (κ3) is 6.71. The summed E-state index contributed by atoms with van der Waals surface area (Å²) in [6.45, 7) is 16.8. The maximum Gasteiger partial charge on any atom is 0.247 e. The molecular weight excluding hydrogens is 266 g/mol. The molecule has 0 aliphatic carbocycles. The third-order valence-electron chi connectivity index (χ3n) is 4.06. The molecule has 118 valence electrons. The van der Waals surface area contributed by atoms with Gasteiger partial charge in [-0.3, -0.25) is 4.79 Å². The minimum absolute atomic E-state index is 0.112. The first-order valence-corrected chi connectivity index (χ1v) is 10.6. The fraction of sp³-hybridized carbons (Fsp3) is 0.812. The van der Waals surface area contributed by atoms with Gasteiger partial charge in [-0.25, -0.2) is 0 Å². The summed E-state index contributed by atoms with van der Waals surface area (Å²) in [5.74, 6) is 0.112. The Balaban J connectivity index is 4.52. The van der Waals surface area contributed by atoms with E-state index in [-0.39, 0.29) is 17.6 Å². The van der Waals surface area contributed by atoms with Gasteiger partial charge in [0.2, 0.25) is 5.91 Å². The van der Waals surface area contributed by atoms with Gasteiger partial charge in [0.15, 0.2) is 8.32 Å². The lowest BCUT2D eigenvalue weighted by Gasteiger charge is -2.36. The van der Waals surface area contributed by atoms with E-state index in [9.17, 15) is 4.79 Å². The highest BCUT2D eigenvalue weighted by Gasteiger charge is 2.37. The van der Waals surface area contributed by atoms with E-state index in [1.165, 1.54) is 0 Å². The van der Waals surface area contributed by atoms with Crippen LogP contribution in [0.15, 0.2) is 12.2 Å². The number of hydrogen-bond acceptors (Lipinski definition) is 2. The van der Waals surface area contributed by atoms with E-state index in [1.54, 1.807) is 0 Å². The summed E-state index contributed by atoms with van der Waals surface area (Å²) in [6, 6.07) is 0. The smallest absolute Gasteiger partial charge is 0.247 e. The molecule has 0 heterocycles. The van der Waals surface area contributed by atoms with Crippen LogP contribution in [0.1, 0.15) is 47.5 Å². The van der Waals surface area contributed by atoms with Crippen molar-refractivity contribution in [1.29, 1.82) is 0 Å². The first-order chi connectivity index (χ1) is 9.15. The molecule has 0 aromatic rings. The van der Waals surface area contributed by atoms with E-state index >= 15 is 0 Å². The normalized spacial score (nSPS) is 12.9. The van der Waals surface area contributed by atoms with Gasteiger partial charge in [0.05, 0.1) is 0 Å². The SMILES string of the molecule is C/C=C/CN(CCCC)C(=O)CO[Si](C)(C)C(C)(C)C. The van der Waals surface area contributed by atoms with Crippen LogP contribution >= 0.6 is 0 Å². The second kappa shape index (κ2) is 8.62. The predicted molar refractivity (Wildman–Crippen MR) is 89.5 cm³/mol. The van der Waals surface area contributed by atoms with Crippen molar-refractivity contribution in [3.8, 4) is 0 Å². The van der Waals surface area contributed by atoms with Crippen LogP contribution in [-0.4, -0.2) is 38.8 Å². The van der Waals surface area contributed by atoms with Crippen molar-refractivity contribution in [1.82, 2.24) is 4.90 Å². The van der Waals surface area contributed by atoms with Crippen LogP contribution < -0.4 is 0 Å². The van der Waals surface area contributed by atoms with Gasteiger partial charge in [-0.15, -0.1) is 0 Å². The summed E-state index contributed by atoms with van der Waals surface area (Å²) in [7, 11) is -1.84. The fourth-order valence-electron chi connectivity index (χ4n) is 1.45. The molecule has 0 atom stereocenters. The standard InChI is InChI=1S/C16H33NO2Si/c1-8-10-12-17(13-11-9-2)15(18)14-19-20(6,7)16(3,4)5/h8,10H,9,11-14H2,1-7H3/b10-8+. The second-order valence-corrected chi connectivity index (χ2v) is 11.6. The van der Waals surface area contributed by atoms with E-state index in [1.807, 2.05) is 24.0 Å². The van der Waals surface area contributed by atoms with E-state index in [4.69, 9.17) is 4.43 Å². The average Bonchev–Trinajstić information content (AvgIpc) is 2.35. The summed E-state index contributed by atoms with van der Waals surface area (Å²) >= 11 is 0. The maximum atomic E-state index is 12.3. The Hall–Kier alpha value is -0.613. The molecule has 0 unspecified atom stereocenters. The fourth-order valence-corrected chi connectivity index (χ4v) is 2.37. The second-order valence-electron chi connectivity index (χ2n) is 6.81. The van der Waals surface area contributed by atoms with Gasteiger partial charge in [-0.1, -0.05) is 46.3 Å². The van der Waals surface area contributed by atoms with Crippen LogP contribution in [0.4, 0.5) is 0 Å². The molecule has 0 rings (SSSR count). The molecule has 20 heavy (non-hydrogen) atoms. The minimum Gasteiger partial charge on any atom is -0.408 e. The van der Waals surface area contributed by atoms with Crippen molar-refractivity contribution < 1.29 is 9.22 Å². The highest BCUT2D eigenvalue weighted by molar-refractivity contribution is 6.74. The first kappa shape index (κ1) is 19.4. The van der Waals surface area contributed by atoms with Crippen molar-refractivity contribution in [3.05, 3.63) is 12.2 Å². The highest BCUT2D eigenvalue weighted by Crippen LogP contribution is 2.36. The molecule has 0 saturated carbocycles. The summed E-state index contributed by atoms with van der Waals surface area (Å²) in [4.78, 5) is 14.2. The third-order valence-corrected chi connectivity index (χ3v) is 8.54. The molecule has 0 aliphatic rings. The van der Waals surface area contributed by atoms with E-state index in [0.29, 0.717) is 6.54 Å². The van der Waals surface area contributed by atoms with Crippen molar-refractivity contribution in [2.45, 2.75) is 65.6 Å². The lowest BCUT2D eigenvalue weighted by molar-refractivity contribution is -0.133. The van der Waals surface area contributed by atoms with Crippen LogP contribution in [-0.2, 0) is 9.22 Å². The van der Waals surface area contributed by atoms with Crippen molar-refractivity contribution in [2.24, 2.45) is 0 Å². The molecule has 0 bridgehead atoms. The number of carbonyl (C=O) groups excluding carboxylic acids is 1. The molecule has 0 aliphatic heterocycles. The number of unbranched alkanes of at least 4 members (excludes halogenated alkanes) is 1. The van der Waals surface area contributed by atoms with Crippen molar-refractivity contribution in [2.75, 3.05) is 19.7 Å². The summed E-state index contributed by atoms with van der Waals surface area (Å²) in [6.07, 6.45) is 6.16. The Morgan fingerprint density at radius 3 is 2.35 bits per heavy atom. The van der Waals surface area contributed by atoms with Gasteiger partial charge in [-0.2, -0.15) is 0 Å². The molecule has 3 nitrogen and oxygen atoms in total. The quantitative estimate of drug-likeness (QED) is 0.496. The Kier molecular flexibility index (Phi) is 8.36. The summed E-state index contributed by atoms with van der Waals surface area (Å²) < 4.78 is 6.02. The van der Waals surface area contributed by atoms with Crippen molar-refractivity contribution in [3.63, 3.8) is 0 Å². The van der Waals surface area contributed by atoms with Gasteiger partial charge in [0.1, 0.15) is 6.61 Å². The van der Waals surface area contributed by atoms with E-state index in [0.717, 1.165) is 19.4 Å². The van der Waals surface area contributed by atoms with Gasteiger partial charge in [-0.05, 0) is 31.5 Å². The number of hydrogen-bond donors (Lipinski definition) is 0. The number of nitrogens with zero attached hydrogens (tertiary/aromatic N) is 1. The van der Waals surface area contributed by atoms with E-state index < -0.39 is 8.32 Å². The van der Waals surface area contributed by atoms with Gasteiger partial charge in [0.25, 0.3) is 0 Å². The van der Waals surface area contributed by atoms with Crippen molar-refractivity contribution >= 4 is 14.2 Å². The molecule has 1 amide bonds. The van der Waals surface area contributed by atoms with Crippen LogP contribution in [0.2, 0.25) is 18.1 Å². The molecule has 0 aromatic carbocycles. The lowest BCUT2D eigenvalue weighted by Crippen LogP contribution is -2.44. The van der Waals surface area contributed by atoms with Crippen LogP contribution in [0.5, 0.6) is 0 Å². The zero-order valence-electron chi connectivity index (χ0n) is 14.5. The van der Waals surface area contributed by atoms with Crippen LogP contribution in [0.25, 0.3) is 0 Å². The van der Waals surface area contributed by atoms with Gasteiger partial charge >= 0.3 is 0 Å². The number of rotatable bonds is 8. The Morgan fingerprint density at radius 1 is 1.30 bits per heavy atom. The zero-order valence-corrected chi connectivity index (χ0v) is 15.5. The summed E-state index contributed by atoms with van der Waals surface area (Å²) in [5.41, 5.74) is 0. The van der Waals surface area contributed by atoms with Gasteiger partial charge < -0.3 is 9.33 Å². The highest BCUT2D eigenvalue weighted by atomic mass is 28.4.